The van der Waals surface area contributed by atoms with Crippen LogP contribution in [-0.2, 0) is 4.79 Å². The summed E-state index contributed by atoms with van der Waals surface area (Å²) in [5.41, 5.74) is 6.69. The van der Waals surface area contributed by atoms with E-state index in [1.165, 1.54) is 0 Å². The average Bonchev–Trinajstić information content (AvgIpc) is 2.63. The molecular weight excluding hydrogens is 340 g/mol. The average molecular weight is 361 g/mol. The van der Waals surface area contributed by atoms with Gasteiger partial charge in [-0.3, -0.25) is 9.59 Å². The number of hydrogen-bond donors (Lipinski definition) is 3. The molecule has 7 heteroatoms. The topological polar surface area (TPSA) is 84.2 Å². The molecule has 2 aromatic rings. The maximum absolute atomic E-state index is 13.5. The van der Waals surface area contributed by atoms with Crippen molar-refractivity contribution in [2.24, 2.45) is 5.73 Å². The quantitative estimate of drug-likeness (QED) is 0.631. The molecule has 0 saturated heterocycles. The van der Waals surface area contributed by atoms with Crippen LogP contribution in [0.3, 0.4) is 0 Å². The summed E-state index contributed by atoms with van der Waals surface area (Å²) in [6.45, 7) is 0.518. The Morgan fingerprint density at radius 1 is 1.04 bits per heavy atom. The maximum Gasteiger partial charge on any atom is 0.254 e. The summed E-state index contributed by atoms with van der Waals surface area (Å²) in [5, 5.41) is 5.24. The van der Waals surface area contributed by atoms with E-state index in [9.17, 15) is 18.4 Å². The third-order valence-corrected chi connectivity index (χ3v) is 3.79. The van der Waals surface area contributed by atoms with Crippen molar-refractivity contribution in [3.8, 4) is 0 Å². The number of amides is 2. The summed E-state index contributed by atoms with van der Waals surface area (Å²) >= 11 is 0. The minimum Gasteiger partial charge on any atom is -0.354 e. The summed E-state index contributed by atoms with van der Waals surface area (Å²) in [5.74, 6) is -2.49. The van der Waals surface area contributed by atoms with E-state index in [4.69, 9.17) is 5.73 Å². The third-order valence-electron chi connectivity index (χ3n) is 3.79. The van der Waals surface area contributed by atoms with Crippen LogP contribution in [0.4, 0.5) is 8.78 Å². The fourth-order valence-corrected chi connectivity index (χ4v) is 2.35. The lowest BCUT2D eigenvalue weighted by molar-refractivity contribution is -0.121. The molecule has 0 bridgehead atoms. The number of hydrogen-bond acceptors (Lipinski definition) is 3. The normalized spacial score (nSPS) is 11.7. The first-order chi connectivity index (χ1) is 12.5. The van der Waals surface area contributed by atoms with E-state index in [1.807, 2.05) is 30.3 Å². The molecule has 2 rings (SSSR count). The second kappa shape index (κ2) is 9.62. The van der Waals surface area contributed by atoms with Crippen LogP contribution in [-0.4, -0.2) is 24.9 Å². The SMILES string of the molecule is NC(CNC(=O)CCCNC(=O)c1ccc(F)cc1F)c1ccccc1. The first-order valence-corrected chi connectivity index (χ1v) is 8.28. The molecule has 5 nitrogen and oxygen atoms in total. The van der Waals surface area contributed by atoms with Gasteiger partial charge in [0.15, 0.2) is 0 Å². The van der Waals surface area contributed by atoms with Crippen molar-refractivity contribution in [2.45, 2.75) is 18.9 Å². The largest absolute Gasteiger partial charge is 0.354 e. The van der Waals surface area contributed by atoms with E-state index in [1.54, 1.807) is 0 Å². The summed E-state index contributed by atoms with van der Waals surface area (Å²) in [7, 11) is 0. The first-order valence-electron chi connectivity index (χ1n) is 8.28. The van der Waals surface area contributed by atoms with E-state index in [0.29, 0.717) is 19.0 Å². The molecule has 4 N–H and O–H groups in total. The molecule has 138 valence electrons. The number of rotatable bonds is 8. The highest BCUT2D eigenvalue weighted by Gasteiger charge is 2.12. The lowest BCUT2D eigenvalue weighted by Crippen LogP contribution is -2.32. The second-order valence-corrected chi connectivity index (χ2v) is 5.80. The first kappa shape index (κ1) is 19.5. The Labute approximate surface area is 150 Å². The lowest BCUT2D eigenvalue weighted by atomic mass is 10.1. The molecule has 0 fully saturated rings. The molecule has 1 atom stereocenters. The zero-order valence-corrected chi connectivity index (χ0v) is 14.2. The van der Waals surface area contributed by atoms with Gasteiger partial charge in [-0.15, -0.1) is 0 Å². The van der Waals surface area contributed by atoms with Crippen molar-refractivity contribution in [1.29, 1.82) is 0 Å². The highest BCUT2D eigenvalue weighted by atomic mass is 19.1. The van der Waals surface area contributed by atoms with Crippen molar-refractivity contribution in [3.05, 3.63) is 71.3 Å². The summed E-state index contributed by atoms with van der Waals surface area (Å²) in [6.07, 6.45) is 0.592. The molecule has 2 aromatic carbocycles. The molecule has 0 aliphatic heterocycles. The fourth-order valence-electron chi connectivity index (χ4n) is 2.35. The van der Waals surface area contributed by atoms with Gasteiger partial charge in [0.05, 0.1) is 5.56 Å². The number of nitrogens with one attached hydrogen (secondary N) is 2. The number of benzene rings is 2. The van der Waals surface area contributed by atoms with Crippen molar-refractivity contribution >= 4 is 11.8 Å². The Morgan fingerprint density at radius 3 is 2.46 bits per heavy atom. The van der Waals surface area contributed by atoms with Gasteiger partial charge in [0, 0.05) is 31.6 Å². The van der Waals surface area contributed by atoms with E-state index in [0.717, 1.165) is 17.7 Å². The van der Waals surface area contributed by atoms with Crippen LogP contribution in [0, 0.1) is 11.6 Å². The van der Waals surface area contributed by atoms with Crippen molar-refractivity contribution in [3.63, 3.8) is 0 Å². The summed E-state index contributed by atoms with van der Waals surface area (Å²) in [4.78, 5) is 23.6. The Bertz CT molecular complexity index is 754. The number of carbonyl (C=O) groups excluding carboxylic acids is 2. The summed E-state index contributed by atoms with van der Waals surface area (Å²) < 4.78 is 26.3. The Morgan fingerprint density at radius 2 is 1.77 bits per heavy atom. The van der Waals surface area contributed by atoms with Crippen molar-refractivity contribution < 1.29 is 18.4 Å². The van der Waals surface area contributed by atoms with Crippen LogP contribution >= 0.6 is 0 Å². The molecular formula is C19H21F2N3O2. The number of halogens is 2. The molecule has 0 heterocycles. The van der Waals surface area contributed by atoms with Crippen LogP contribution in [0.1, 0.15) is 34.8 Å². The van der Waals surface area contributed by atoms with Gasteiger partial charge >= 0.3 is 0 Å². The molecule has 0 spiro atoms. The maximum atomic E-state index is 13.5. The minimum atomic E-state index is -0.921. The number of carbonyl (C=O) groups is 2. The van der Waals surface area contributed by atoms with E-state index in [-0.39, 0.29) is 30.5 Å². The zero-order valence-electron chi connectivity index (χ0n) is 14.2. The molecule has 26 heavy (non-hydrogen) atoms. The van der Waals surface area contributed by atoms with E-state index < -0.39 is 17.5 Å². The van der Waals surface area contributed by atoms with Gasteiger partial charge in [-0.1, -0.05) is 30.3 Å². The minimum absolute atomic E-state index is 0.182. The second-order valence-electron chi connectivity index (χ2n) is 5.80. The van der Waals surface area contributed by atoms with Gasteiger partial charge in [0.25, 0.3) is 5.91 Å². The molecule has 0 saturated carbocycles. The molecule has 0 aliphatic rings. The molecule has 0 radical (unpaired) electrons. The van der Waals surface area contributed by atoms with Crippen molar-refractivity contribution in [1.82, 2.24) is 10.6 Å². The molecule has 1 unspecified atom stereocenters. The van der Waals surface area contributed by atoms with Gasteiger partial charge in [0.1, 0.15) is 11.6 Å². The Hall–Kier alpha value is -2.80. The summed E-state index contributed by atoms with van der Waals surface area (Å²) in [6, 6.07) is 11.9. The van der Waals surface area contributed by atoms with Gasteiger partial charge < -0.3 is 16.4 Å². The van der Waals surface area contributed by atoms with Gasteiger partial charge in [0.2, 0.25) is 5.91 Å². The highest BCUT2D eigenvalue weighted by molar-refractivity contribution is 5.94. The standard InChI is InChI=1S/C19H21F2N3O2/c20-14-8-9-15(16(21)11-14)19(26)23-10-4-7-18(25)24-12-17(22)13-5-2-1-3-6-13/h1-3,5-6,8-9,11,17H,4,7,10,12,22H2,(H,23,26)(H,24,25). The highest BCUT2D eigenvalue weighted by Crippen LogP contribution is 2.09. The van der Waals surface area contributed by atoms with Crippen LogP contribution in [0.25, 0.3) is 0 Å². The van der Waals surface area contributed by atoms with E-state index >= 15 is 0 Å². The number of nitrogens with two attached hydrogens (primary N) is 1. The predicted molar refractivity (Wildman–Crippen MR) is 94.3 cm³/mol. The van der Waals surface area contributed by atoms with Crippen LogP contribution < -0.4 is 16.4 Å². The molecule has 0 aliphatic carbocycles. The zero-order chi connectivity index (χ0) is 18.9. The van der Waals surface area contributed by atoms with E-state index in [2.05, 4.69) is 10.6 Å². The van der Waals surface area contributed by atoms with Crippen LogP contribution in [0.15, 0.2) is 48.5 Å². The molecule has 0 aromatic heterocycles. The fraction of sp³-hybridized carbons (Fsp3) is 0.263. The van der Waals surface area contributed by atoms with Gasteiger partial charge in [-0.2, -0.15) is 0 Å². The predicted octanol–water partition coefficient (Wildman–Crippen LogP) is 2.29. The van der Waals surface area contributed by atoms with Gasteiger partial charge in [-0.25, -0.2) is 8.78 Å². The lowest BCUT2D eigenvalue weighted by Gasteiger charge is -2.13. The van der Waals surface area contributed by atoms with Crippen LogP contribution in [0.5, 0.6) is 0 Å². The molecule has 2 amide bonds. The third kappa shape index (κ3) is 5.93. The van der Waals surface area contributed by atoms with Crippen LogP contribution in [0.2, 0.25) is 0 Å². The Kier molecular flexibility index (Phi) is 7.23. The van der Waals surface area contributed by atoms with Crippen molar-refractivity contribution in [2.75, 3.05) is 13.1 Å². The van der Waals surface area contributed by atoms with Gasteiger partial charge in [-0.05, 0) is 24.1 Å². The Balaban J connectivity index is 1.66. The monoisotopic (exact) mass is 361 g/mol. The smallest absolute Gasteiger partial charge is 0.254 e.